The third kappa shape index (κ3) is 4.65. The van der Waals surface area contributed by atoms with E-state index < -0.39 is 20.0 Å². The molecule has 1 heterocycles. The number of benzene rings is 1. The average molecular weight is 403 g/mol. The molecule has 0 saturated carbocycles. The fourth-order valence-corrected chi connectivity index (χ4v) is 6.44. The highest BCUT2D eigenvalue weighted by Gasteiger charge is 2.29. The minimum Gasteiger partial charge on any atom is -0.207 e. The Labute approximate surface area is 158 Å². The monoisotopic (exact) mass is 402 g/mol. The summed E-state index contributed by atoms with van der Waals surface area (Å²) < 4.78 is 54.2. The van der Waals surface area contributed by atoms with Gasteiger partial charge in [0.25, 0.3) is 0 Å². The van der Waals surface area contributed by atoms with Crippen molar-refractivity contribution in [3.8, 4) is 0 Å². The molecule has 0 aromatic heterocycles. The van der Waals surface area contributed by atoms with Gasteiger partial charge in [-0.05, 0) is 56.9 Å². The number of rotatable bonds is 7. The minimum absolute atomic E-state index is 0.129. The summed E-state index contributed by atoms with van der Waals surface area (Å²) in [5.74, 6) is 0.200. The lowest BCUT2D eigenvalue weighted by molar-refractivity contribution is 0.319. The second-order valence-electron chi connectivity index (χ2n) is 7.50. The van der Waals surface area contributed by atoms with E-state index in [1.807, 2.05) is 27.7 Å². The number of hydrogen-bond acceptors (Lipinski definition) is 4. The maximum Gasteiger partial charge on any atom is 0.243 e. The molecule has 0 radical (unpaired) electrons. The number of piperidine rings is 1. The molecule has 0 amide bonds. The number of hydrogen-bond donors (Lipinski definition) is 0. The summed E-state index contributed by atoms with van der Waals surface area (Å²) in [6.07, 6.45) is 2.78. The molecule has 1 fully saturated rings. The standard InChI is InChI=1S/C18H30N2O4S2/c1-15(2)14-20(16(3)4)26(23,24)18-10-8-17(9-11-18)25(21,22)19-12-6-5-7-13-19/h8-11,15-16H,5-7,12-14H2,1-4H3. The predicted molar refractivity (Wildman–Crippen MR) is 103 cm³/mol. The van der Waals surface area contributed by atoms with Crippen LogP contribution in [0.25, 0.3) is 0 Å². The van der Waals surface area contributed by atoms with Gasteiger partial charge < -0.3 is 0 Å². The van der Waals surface area contributed by atoms with E-state index in [1.165, 1.54) is 32.9 Å². The molecule has 0 bridgehead atoms. The second-order valence-corrected chi connectivity index (χ2v) is 11.3. The van der Waals surface area contributed by atoms with Crippen LogP contribution in [-0.4, -0.2) is 51.1 Å². The molecule has 0 unspecified atom stereocenters. The van der Waals surface area contributed by atoms with E-state index in [9.17, 15) is 16.8 Å². The summed E-state index contributed by atoms with van der Waals surface area (Å²) in [5, 5.41) is 0. The van der Waals surface area contributed by atoms with Gasteiger partial charge >= 0.3 is 0 Å². The molecule has 2 rings (SSSR count). The van der Waals surface area contributed by atoms with Gasteiger partial charge in [0, 0.05) is 25.7 Å². The maximum atomic E-state index is 12.9. The van der Waals surface area contributed by atoms with E-state index in [4.69, 9.17) is 0 Å². The Morgan fingerprint density at radius 2 is 1.38 bits per heavy atom. The van der Waals surface area contributed by atoms with E-state index in [2.05, 4.69) is 0 Å². The van der Waals surface area contributed by atoms with E-state index in [-0.39, 0.29) is 21.8 Å². The van der Waals surface area contributed by atoms with Crippen LogP contribution in [0, 0.1) is 5.92 Å². The lowest BCUT2D eigenvalue weighted by Gasteiger charge is -2.28. The van der Waals surface area contributed by atoms with Crippen molar-refractivity contribution in [2.75, 3.05) is 19.6 Å². The Kier molecular flexibility index (Phi) is 6.87. The van der Waals surface area contributed by atoms with Crippen molar-refractivity contribution in [1.82, 2.24) is 8.61 Å². The summed E-state index contributed by atoms with van der Waals surface area (Å²) in [6.45, 7) is 9.10. The van der Waals surface area contributed by atoms with Crippen LogP contribution >= 0.6 is 0 Å². The molecule has 1 aromatic carbocycles. The first-order valence-electron chi connectivity index (χ1n) is 9.19. The van der Waals surface area contributed by atoms with Crippen molar-refractivity contribution in [2.24, 2.45) is 5.92 Å². The van der Waals surface area contributed by atoms with Crippen molar-refractivity contribution < 1.29 is 16.8 Å². The van der Waals surface area contributed by atoms with Crippen LogP contribution in [0.3, 0.4) is 0 Å². The lowest BCUT2D eigenvalue weighted by Crippen LogP contribution is -2.39. The average Bonchev–Trinajstić information content (AvgIpc) is 2.60. The third-order valence-corrected chi connectivity index (χ3v) is 8.47. The Bertz CT molecular complexity index is 794. The summed E-state index contributed by atoms with van der Waals surface area (Å²) in [6, 6.07) is 5.46. The molecular weight excluding hydrogens is 372 g/mol. The Hall–Kier alpha value is -0.960. The molecule has 1 aliphatic rings. The summed E-state index contributed by atoms with van der Waals surface area (Å²) in [4.78, 5) is 0.280. The molecule has 0 aliphatic carbocycles. The van der Waals surface area contributed by atoms with Crippen molar-refractivity contribution in [1.29, 1.82) is 0 Å². The first-order chi connectivity index (χ1) is 12.1. The second kappa shape index (κ2) is 8.37. The molecule has 8 heteroatoms. The third-order valence-electron chi connectivity index (χ3n) is 4.50. The van der Waals surface area contributed by atoms with Gasteiger partial charge in [-0.15, -0.1) is 0 Å². The van der Waals surface area contributed by atoms with Gasteiger partial charge in [-0.25, -0.2) is 16.8 Å². The van der Waals surface area contributed by atoms with Crippen LogP contribution in [-0.2, 0) is 20.0 Å². The van der Waals surface area contributed by atoms with Gasteiger partial charge in [0.05, 0.1) is 9.79 Å². The molecule has 0 atom stereocenters. The Morgan fingerprint density at radius 3 is 1.85 bits per heavy atom. The van der Waals surface area contributed by atoms with Crippen LogP contribution in [0.5, 0.6) is 0 Å². The summed E-state index contributed by atoms with van der Waals surface area (Å²) in [5.41, 5.74) is 0. The molecule has 1 saturated heterocycles. The summed E-state index contributed by atoms with van der Waals surface area (Å²) >= 11 is 0. The maximum absolute atomic E-state index is 12.9. The Morgan fingerprint density at radius 1 is 0.885 bits per heavy atom. The molecule has 26 heavy (non-hydrogen) atoms. The first kappa shape index (κ1) is 21.3. The first-order valence-corrected chi connectivity index (χ1v) is 12.1. The largest absolute Gasteiger partial charge is 0.243 e. The fraction of sp³-hybridized carbons (Fsp3) is 0.667. The van der Waals surface area contributed by atoms with E-state index in [0.717, 1.165) is 19.3 Å². The zero-order valence-electron chi connectivity index (χ0n) is 16.1. The highest BCUT2D eigenvalue weighted by Crippen LogP contribution is 2.24. The van der Waals surface area contributed by atoms with Crippen molar-refractivity contribution in [2.45, 2.75) is 62.8 Å². The van der Waals surface area contributed by atoms with Gasteiger partial charge in [0.2, 0.25) is 20.0 Å². The van der Waals surface area contributed by atoms with Gasteiger partial charge in [-0.1, -0.05) is 20.3 Å². The zero-order chi connectivity index (χ0) is 19.5. The van der Waals surface area contributed by atoms with Gasteiger partial charge in [-0.3, -0.25) is 0 Å². The van der Waals surface area contributed by atoms with Crippen LogP contribution < -0.4 is 0 Å². The van der Waals surface area contributed by atoms with Gasteiger partial charge in [-0.2, -0.15) is 8.61 Å². The molecule has 6 nitrogen and oxygen atoms in total. The van der Waals surface area contributed by atoms with Crippen LogP contribution in [0.15, 0.2) is 34.1 Å². The van der Waals surface area contributed by atoms with Gasteiger partial charge in [0.1, 0.15) is 0 Å². The summed E-state index contributed by atoms with van der Waals surface area (Å²) in [7, 11) is -7.21. The SMILES string of the molecule is CC(C)CN(C(C)C)S(=O)(=O)c1ccc(S(=O)(=O)N2CCCCC2)cc1. The van der Waals surface area contributed by atoms with Crippen molar-refractivity contribution in [3.63, 3.8) is 0 Å². The van der Waals surface area contributed by atoms with Crippen LogP contribution in [0.4, 0.5) is 0 Å². The topological polar surface area (TPSA) is 74.8 Å². The Balaban J connectivity index is 2.30. The molecule has 1 aliphatic heterocycles. The zero-order valence-corrected chi connectivity index (χ0v) is 17.7. The molecule has 0 spiro atoms. The molecular formula is C18H30N2O4S2. The van der Waals surface area contributed by atoms with E-state index in [1.54, 1.807) is 0 Å². The highest BCUT2D eigenvalue weighted by atomic mass is 32.2. The van der Waals surface area contributed by atoms with Crippen LogP contribution in [0.1, 0.15) is 47.0 Å². The molecule has 148 valence electrons. The van der Waals surface area contributed by atoms with Gasteiger partial charge in [0.15, 0.2) is 0 Å². The number of sulfonamides is 2. The van der Waals surface area contributed by atoms with E-state index >= 15 is 0 Å². The minimum atomic E-state index is -3.66. The molecule has 1 aromatic rings. The van der Waals surface area contributed by atoms with Crippen molar-refractivity contribution >= 4 is 20.0 Å². The normalized spacial score (nSPS) is 17.3. The van der Waals surface area contributed by atoms with Crippen molar-refractivity contribution in [3.05, 3.63) is 24.3 Å². The predicted octanol–water partition coefficient (Wildman–Crippen LogP) is 2.92. The lowest BCUT2D eigenvalue weighted by atomic mass is 10.2. The smallest absolute Gasteiger partial charge is 0.207 e. The quantitative estimate of drug-likeness (QED) is 0.703. The highest BCUT2D eigenvalue weighted by molar-refractivity contribution is 7.89. The fourth-order valence-electron chi connectivity index (χ4n) is 3.12. The number of nitrogens with zero attached hydrogens (tertiary/aromatic N) is 2. The van der Waals surface area contributed by atoms with Crippen LogP contribution in [0.2, 0.25) is 0 Å². The van der Waals surface area contributed by atoms with E-state index in [0.29, 0.717) is 19.6 Å². The molecule has 0 N–H and O–H groups in total.